The number of hydrogen-bond donors (Lipinski definition) is 2. The van der Waals surface area contributed by atoms with Crippen LogP contribution in [0.1, 0.15) is 79.1 Å². The van der Waals surface area contributed by atoms with Crippen LogP contribution in [-0.4, -0.2) is 98.9 Å². The van der Waals surface area contributed by atoms with Crippen LogP contribution in [0.2, 0.25) is 0 Å². The van der Waals surface area contributed by atoms with Gasteiger partial charge in [0.05, 0.1) is 31.1 Å². The highest BCUT2D eigenvalue weighted by molar-refractivity contribution is 5.83. The Labute approximate surface area is 266 Å². The topological polar surface area (TPSA) is 107 Å². The number of morpholine rings is 1. The standard InChI is InChI=1S/C35H59N5O4/c1-5-40(30-8-12-43-13-9-30)33-19-28(26-6-7-27(29(17-26)20-36)22-39-10-14-44-15-11-39)18-31(25(33)4)34(41)37-21-32-23(2)16-24(3)38-35(32)42/h23-33H,5-19,21-22H2,1-4H3,(H,37,41)(H,38,42). The third kappa shape index (κ3) is 7.97. The van der Waals surface area contributed by atoms with E-state index in [9.17, 15) is 14.9 Å². The molecule has 2 saturated carbocycles. The summed E-state index contributed by atoms with van der Waals surface area (Å²) in [5, 5.41) is 16.6. The number of amides is 2. The van der Waals surface area contributed by atoms with Gasteiger partial charge < -0.3 is 20.1 Å². The Morgan fingerprint density at radius 2 is 1.73 bits per heavy atom. The first-order chi connectivity index (χ1) is 21.3. The maximum Gasteiger partial charge on any atom is 0.225 e. The van der Waals surface area contributed by atoms with E-state index < -0.39 is 0 Å². The molecular weight excluding hydrogens is 554 g/mol. The van der Waals surface area contributed by atoms with E-state index in [4.69, 9.17) is 9.47 Å². The fourth-order valence-electron chi connectivity index (χ4n) is 9.59. The minimum absolute atomic E-state index is 0.0667. The van der Waals surface area contributed by atoms with E-state index in [1.807, 2.05) is 0 Å². The van der Waals surface area contributed by atoms with Gasteiger partial charge in [-0.1, -0.05) is 20.8 Å². The van der Waals surface area contributed by atoms with Crippen molar-refractivity contribution in [2.24, 2.45) is 47.3 Å². The zero-order valence-corrected chi connectivity index (χ0v) is 27.8. The lowest BCUT2D eigenvalue weighted by Crippen LogP contribution is -2.56. The molecular formula is C35H59N5O4. The maximum atomic E-state index is 14.0. The molecule has 9 heteroatoms. The number of piperidine rings is 1. The molecule has 0 aromatic rings. The zero-order chi connectivity index (χ0) is 31.2. The van der Waals surface area contributed by atoms with Gasteiger partial charge in [0.2, 0.25) is 11.8 Å². The molecule has 0 radical (unpaired) electrons. The molecule has 5 rings (SSSR count). The Morgan fingerprint density at radius 3 is 2.41 bits per heavy atom. The summed E-state index contributed by atoms with van der Waals surface area (Å²) in [7, 11) is 0. The first-order valence-corrected chi connectivity index (χ1v) is 17.9. The average Bonchev–Trinajstić information content (AvgIpc) is 3.03. The summed E-state index contributed by atoms with van der Waals surface area (Å²) in [6, 6.07) is 3.74. The molecule has 0 aromatic carbocycles. The predicted molar refractivity (Wildman–Crippen MR) is 170 cm³/mol. The van der Waals surface area contributed by atoms with Crippen LogP contribution in [0.4, 0.5) is 0 Å². The van der Waals surface area contributed by atoms with Crippen LogP contribution in [0.25, 0.3) is 0 Å². The SMILES string of the molecule is CCN(C1CCOCC1)C1CC(C2CCC(CN3CCOCC3)C(C#N)C2)CC(C(=O)NCC2C(=O)NC(C)CC2C)C1C. The zero-order valence-electron chi connectivity index (χ0n) is 27.8. The number of nitrogens with zero attached hydrogens (tertiary/aromatic N) is 3. The van der Waals surface area contributed by atoms with Gasteiger partial charge in [0, 0.05) is 63.4 Å². The Bertz CT molecular complexity index is 992. The molecule has 2 amide bonds. The number of hydrogen-bond acceptors (Lipinski definition) is 7. The van der Waals surface area contributed by atoms with Gasteiger partial charge in [0.25, 0.3) is 0 Å². The average molecular weight is 614 g/mol. The fourth-order valence-corrected chi connectivity index (χ4v) is 9.59. The first-order valence-electron chi connectivity index (χ1n) is 17.9. The number of carbonyl (C=O) groups excluding carboxylic acids is 2. The molecule has 10 unspecified atom stereocenters. The molecule has 5 fully saturated rings. The molecule has 0 spiro atoms. The molecule has 3 saturated heterocycles. The van der Waals surface area contributed by atoms with Crippen LogP contribution in [0.15, 0.2) is 0 Å². The van der Waals surface area contributed by atoms with Crippen LogP contribution in [-0.2, 0) is 19.1 Å². The van der Waals surface area contributed by atoms with Gasteiger partial charge in [0.15, 0.2) is 0 Å². The van der Waals surface area contributed by atoms with Gasteiger partial charge in [-0.05, 0) is 94.4 Å². The summed E-state index contributed by atoms with van der Waals surface area (Å²) >= 11 is 0. The Morgan fingerprint density at radius 1 is 1.00 bits per heavy atom. The summed E-state index contributed by atoms with van der Waals surface area (Å²) in [5.41, 5.74) is 0. The largest absolute Gasteiger partial charge is 0.381 e. The van der Waals surface area contributed by atoms with Crippen molar-refractivity contribution < 1.29 is 19.1 Å². The van der Waals surface area contributed by atoms with Gasteiger partial charge in [-0.15, -0.1) is 0 Å². The first kappa shape index (κ1) is 33.6. The molecule has 2 aliphatic carbocycles. The van der Waals surface area contributed by atoms with E-state index in [0.717, 1.165) is 104 Å². The summed E-state index contributed by atoms with van der Waals surface area (Å²) in [4.78, 5) is 32.0. The number of nitrogens with one attached hydrogen (secondary N) is 2. The quantitative estimate of drug-likeness (QED) is 0.409. The molecule has 2 N–H and O–H groups in total. The summed E-state index contributed by atoms with van der Waals surface area (Å²) < 4.78 is 11.3. The van der Waals surface area contributed by atoms with Crippen molar-refractivity contribution in [2.45, 2.75) is 97.2 Å². The van der Waals surface area contributed by atoms with E-state index in [1.54, 1.807) is 0 Å². The molecule has 0 aromatic heterocycles. The second kappa shape index (κ2) is 15.7. The molecule has 3 heterocycles. The predicted octanol–water partition coefficient (Wildman–Crippen LogP) is 3.68. The molecule has 44 heavy (non-hydrogen) atoms. The van der Waals surface area contributed by atoms with Gasteiger partial charge in [-0.25, -0.2) is 0 Å². The van der Waals surface area contributed by atoms with Crippen molar-refractivity contribution in [3.05, 3.63) is 0 Å². The van der Waals surface area contributed by atoms with Crippen LogP contribution < -0.4 is 10.6 Å². The van der Waals surface area contributed by atoms with Gasteiger partial charge in [0.1, 0.15) is 0 Å². The summed E-state index contributed by atoms with van der Waals surface area (Å²) in [6.07, 6.45) is 8.23. The Kier molecular flexibility index (Phi) is 12.0. The van der Waals surface area contributed by atoms with Crippen LogP contribution in [0, 0.1) is 58.7 Å². The minimum atomic E-state index is -0.173. The smallest absolute Gasteiger partial charge is 0.225 e. The van der Waals surface area contributed by atoms with Gasteiger partial charge >= 0.3 is 0 Å². The molecule has 10 atom stereocenters. The molecule has 0 bridgehead atoms. The Hall–Kier alpha value is -1.73. The molecule has 3 aliphatic heterocycles. The maximum absolute atomic E-state index is 14.0. The van der Waals surface area contributed by atoms with E-state index in [-0.39, 0.29) is 47.4 Å². The van der Waals surface area contributed by atoms with E-state index in [1.165, 1.54) is 0 Å². The highest BCUT2D eigenvalue weighted by Gasteiger charge is 2.46. The van der Waals surface area contributed by atoms with Crippen molar-refractivity contribution in [2.75, 3.05) is 59.2 Å². The van der Waals surface area contributed by atoms with Crippen molar-refractivity contribution >= 4 is 11.8 Å². The van der Waals surface area contributed by atoms with Crippen molar-refractivity contribution in [3.8, 4) is 6.07 Å². The van der Waals surface area contributed by atoms with E-state index >= 15 is 0 Å². The third-order valence-corrected chi connectivity index (χ3v) is 12.2. The lowest BCUT2D eigenvalue weighted by Gasteiger charge is -2.50. The third-order valence-electron chi connectivity index (χ3n) is 12.2. The fraction of sp³-hybridized carbons (Fsp3) is 0.914. The molecule has 248 valence electrons. The highest BCUT2D eigenvalue weighted by atomic mass is 16.5. The van der Waals surface area contributed by atoms with E-state index in [2.05, 4.69) is 54.2 Å². The lowest BCUT2D eigenvalue weighted by atomic mass is 9.62. The van der Waals surface area contributed by atoms with Crippen molar-refractivity contribution in [1.82, 2.24) is 20.4 Å². The normalized spacial score (nSPS) is 39.4. The number of rotatable bonds is 9. The monoisotopic (exact) mass is 613 g/mol. The Balaban J connectivity index is 1.29. The van der Waals surface area contributed by atoms with Crippen LogP contribution >= 0.6 is 0 Å². The number of nitriles is 1. The number of carbonyl (C=O) groups is 2. The van der Waals surface area contributed by atoms with Crippen molar-refractivity contribution in [1.29, 1.82) is 5.26 Å². The molecule has 5 aliphatic rings. The molecule has 9 nitrogen and oxygen atoms in total. The second-order valence-electron chi connectivity index (χ2n) is 14.9. The second-order valence-corrected chi connectivity index (χ2v) is 14.9. The van der Waals surface area contributed by atoms with Gasteiger partial charge in [-0.2, -0.15) is 5.26 Å². The van der Waals surface area contributed by atoms with Gasteiger partial charge in [-0.3, -0.25) is 19.4 Å². The summed E-state index contributed by atoms with van der Waals surface area (Å²) in [5.74, 6) is 1.82. The van der Waals surface area contributed by atoms with E-state index in [0.29, 0.717) is 36.4 Å². The summed E-state index contributed by atoms with van der Waals surface area (Å²) in [6.45, 7) is 16.3. The van der Waals surface area contributed by atoms with Crippen LogP contribution in [0.5, 0.6) is 0 Å². The van der Waals surface area contributed by atoms with Crippen LogP contribution in [0.3, 0.4) is 0 Å². The highest BCUT2D eigenvalue weighted by Crippen LogP contribution is 2.47. The van der Waals surface area contributed by atoms with Crippen molar-refractivity contribution in [3.63, 3.8) is 0 Å². The minimum Gasteiger partial charge on any atom is -0.381 e. The number of ether oxygens (including phenoxy) is 2. The lowest BCUT2D eigenvalue weighted by molar-refractivity contribution is -0.133.